The third-order valence-corrected chi connectivity index (χ3v) is 3.31. The number of hydrogen-bond donors (Lipinski definition) is 1. The van der Waals surface area contributed by atoms with E-state index in [1.165, 1.54) is 6.07 Å². The Kier molecular flexibility index (Phi) is 3.94. The summed E-state index contributed by atoms with van der Waals surface area (Å²) in [6.45, 7) is 1.83. The van der Waals surface area contributed by atoms with Gasteiger partial charge in [-0.3, -0.25) is 0 Å². The Morgan fingerprint density at radius 1 is 1.05 bits per heavy atom. The predicted octanol–water partition coefficient (Wildman–Crippen LogP) is 5.15. The van der Waals surface area contributed by atoms with E-state index in [4.69, 9.17) is 10.5 Å². The number of nitrogens with two attached hydrogens (primary N) is 1. The van der Waals surface area contributed by atoms with E-state index in [1.807, 2.05) is 6.92 Å². The van der Waals surface area contributed by atoms with E-state index in [1.54, 1.807) is 18.2 Å². The highest BCUT2D eigenvalue weighted by Crippen LogP contribution is 2.37. The second-order valence-electron chi connectivity index (χ2n) is 4.27. The molecule has 2 nitrogen and oxygen atoms in total. The first-order valence-electron chi connectivity index (χ1n) is 5.68. The number of benzene rings is 2. The molecule has 0 heterocycles. The van der Waals surface area contributed by atoms with E-state index in [2.05, 4.69) is 15.9 Å². The van der Waals surface area contributed by atoms with Crippen molar-refractivity contribution >= 4 is 21.6 Å². The Morgan fingerprint density at radius 3 is 2.35 bits per heavy atom. The average Bonchev–Trinajstić information content (AvgIpc) is 2.35. The van der Waals surface area contributed by atoms with Crippen LogP contribution in [-0.4, -0.2) is 0 Å². The topological polar surface area (TPSA) is 35.2 Å². The van der Waals surface area contributed by atoms with Crippen molar-refractivity contribution in [2.45, 2.75) is 13.1 Å². The number of nitrogen functional groups attached to an aromatic ring is 1. The zero-order valence-electron chi connectivity index (χ0n) is 10.5. The molecule has 0 aliphatic carbocycles. The van der Waals surface area contributed by atoms with Crippen LogP contribution in [0.4, 0.5) is 18.9 Å². The predicted molar refractivity (Wildman–Crippen MR) is 74.8 cm³/mol. The van der Waals surface area contributed by atoms with Gasteiger partial charge in [-0.25, -0.2) is 0 Å². The Labute approximate surface area is 122 Å². The lowest BCUT2D eigenvalue weighted by Gasteiger charge is -2.13. The molecule has 0 bridgehead atoms. The second-order valence-corrected chi connectivity index (χ2v) is 5.12. The molecule has 0 unspecified atom stereocenters. The molecule has 0 aromatic heterocycles. The Morgan fingerprint density at radius 2 is 1.75 bits per heavy atom. The molecule has 0 fully saturated rings. The minimum atomic E-state index is -4.38. The lowest BCUT2D eigenvalue weighted by molar-refractivity contribution is -0.137. The lowest BCUT2D eigenvalue weighted by Crippen LogP contribution is -2.04. The quantitative estimate of drug-likeness (QED) is 0.763. The monoisotopic (exact) mass is 345 g/mol. The van der Waals surface area contributed by atoms with Crippen LogP contribution < -0.4 is 10.5 Å². The Balaban J connectivity index is 2.33. The minimum absolute atomic E-state index is 0.231. The zero-order chi connectivity index (χ0) is 14.9. The summed E-state index contributed by atoms with van der Waals surface area (Å²) in [5.41, 5.74) is 6.29. The van der Waals surface area contributed by atoms with E-state index in [0.717, 1.165) is 17.7 Å². The number of halogens is 4. The van der Waals surface area contributed by atoms with Crippen LogP contribution in [0.5, 0.6) is 11.5 Å². The summed E-state index contributed by atoms with van der Waals surface area (Å²) in [6, 6.07) is 8.36. The van der Waals surface area contributed by atoms with E-state index in [0.29, 0.717) is 17.2 Å². The van der Waals surface area contributed by atoms with Crippen molar-refractivity contribution in [2.24, 2.45) is 0 Å². The van der Waals surface area contributed by atoms with Crippen LogP contribution in [0.25, 0.3) is 0 Å². The van der Waals surface area contributed by atoms with Crippen molar-refractivity contribution in [3.8, 4) is 11.5 Å². The van der Waals surface area contributed by atoms with Gasteiger partial charge in [-0.05, 0) is 52.7 Å². The van der Waals surface area contributed by atoms with Gasteiger partial charge in [0, 0.05) is 11.8 Å². The maximum atomic E-state index is 12.6. The zero-order valence-corrected chi connectivity index (χ0v) is 12.0. The summed E-state index contributed by atoms with van der Waals surface area (Å²) < 4.78 is 43.5. The Bertz CT molecular complexity index is 641. The van der Waals surface area contributed by atoms with Crippen molar-refractivity contribution in [1.29, 1.82) is 0 Å². The molecule has 2 N–H and O–H groups in total. The van der Waals surface area contributed by atoms with Crippen LogP contribution in [0, 0.1) is 6.92 Å². The summed E-state index contributed by atoms with van der Waals surface area (Å²) in [5.74, 6) is 0.803. The fourth-order valence-corrected chi connectivity index (χ4v) is 2.06. The number of alkyl halides is 3. The van der Waals surface area contributed by atoms with Crippen molar-refractivity contribution in [3.05, 3.63) is 52.0 Å². The van der Waals surface area contributed by atoms with Gasteiger partial charge in [0.15, 0.2) is 0 Å². The fraction of sp³-hybridized carbons (Fsp3) is 0.143. The van der Waals surface area contributed by atoms with Crippen LogP contribution in [0.1, 0.15) is 11.1 Å². The van der Waals surface area contributed by atoms with Crippen molar-refractivity contribution in [2.75, 3.05) is 5.73 Å². The summed E-state index contributed by atoms with van der Waals surface area (Å²) in [6.07, 6.45) is -4.38. The highest BCUT2D eigenvalue weighted by Gasteiger charge is 2.31. The van der Waals surface area contributed by atoms with E-state index < -0.39 is 11.7 Å². The molecule has 2 aromatic rings. The number of hydrogen-bond acceptors (Lipinski definition) is 2. The molecule has 0 saturated carbocycles. The van der Waals surface area contributed by atoms with Crippen LogP contribution in [-0.2, 0) is 6.18 Å². The molecule has 2 rings (SSSR count). The number of ether oxygens (including phenoxy) is 1. The van der Waals surface area contributed by atoms with E-state index >= 15 is 0 Å². The lowest BCUT2D eigenvalue weighted by atomic mass is 10.2. The molecule has 0 saturated heterocycles. The molecule has 0 atom stereocenters. The van der Waals surface area contributed by atoms with Gasteiger partial charge in [-0.15, -0.1) is 0 Å². The maximum absolute atomic E-state index is 12.6. The van der Waals surface area contributed by atoms with Gasteiger partial charge in [0.1, 0.15) is 11.5 Å². The molecule has 106 valence electrons. The standard InChI is InChI=1S/C14H11BrF3NO/c1-8-2-4-10(19)7-13(8)20-12-5-3-9(6-11(12)15)14(16,17)18/h2-7H,19H2,1H3. The summed E-state index contributed by atoms with van der Waals surface area (Å²) in [7, 11) is 0. The smallest absolute Gasteiger partial charge is 0.416 e. The first-order valence-corrected chi connectivity index (χ1v) is 6.47. The molecule has 0 aliphatic rings. The minimum Gasteiger partial charge on any atom is -0.456 e. The summed E-state index contributed by atoms with van der Waals surface area (Å²) in [5, 5.41) is 0. The molecule has 6 heteroatoms. The van der Waals surface area contributed by atoms with Gasteiger partial charge in [0.05, 0.1) is 10.0 Å². The number of aryl methyl sites for hydroxylation is 1. The van der Waals surface area contributed by atoms with Gasteiger partial charge in [0.2, 0.25) is 0 Å². The fourth-order valence-electron chi connectivity index (χ4n) is 1.61. The van der Waals surface area contributed by atoms with Crippen molar-refractivity contribution in [3.63, 3.8) is 0 Å². The van der Waals surface area contributed by atoms with Gasteiger partial charge < -0.3 is 10.5 Å². The van der Waals surface area contributed by atoms with Gasteiger partial charge in [-0.1, -0.05) is 6.07 Å². The van der Waals surface area contributed by atoms with Crippen LogP contribution in [0.15, 0.2) is 40.9 Å². The van der Waals surface area contributed by atoms with Gasteiger partial charge in [0.25, 0.3) is 0 Å². The van der Waals surface area contributed by atoms with Crippen LogP contribution in [0.2, 0.25) is 0 Å². The van der Waals surface area contributed by atoms with E-state index in [-0.39, 0.29) is 4.47 Å². The summed E-state index contributed by atoms with van der Waals surface area (Å²) >= 11 is 3.08. The van der Waals surface area contributed by atoms with E-state index in [9.17, 15) is 13.2 Å². The number of rotatable bonds is 2. The molecular formula is C14H11BrF3NO. The molecular weight excluding hydrogens is 335 g/mol. The first kappa shape index (κ1) is 14.7. The summed E-state index contributed by atoms with van der Waals surface area (Å²) in [4.78, 5) is 0. The molecule has 2 aromatic carbocycles. The van der Waals surface area contributed by atoms with Gasteiger partial charge >= 0.3 is 6.18 Å². The van der Waals surface area contributed by atoms with Gasteiger partial charge in [-0.2, -0.15) is 13.2 Å². The second kappa shape index (κ2) is 5.36. The molecule has 0 amide bonds. The number of anilines is 1. The largest absolute Gasteiger partial charge is 0.456 e. The van der Waals surface area contributed by atoms with Crippen molar-refractivity contribution in [1.82, 2.24) is 0 Å². The molecule has 0 spiro atoms. The third-order valence-electron chi connectivity index (χ3n) is 2.69. The molecule has 0 radical (unpaired) electrons. The molecule has 20 heavy (non-hydrogen) atoms. The third kappa shape index (κ3) is 3.25. The maximum Gasteiger partial charge on any atom is 0.416 e. The van der Waals surface area contributed by atoms with Crippen molar-refractivity contribution < 1.29 is 17.9 Å². The molecule has 0 aliphatic heterocycles. The highest BCUT2D eigenvalue weighted by molar-refractivity contribution is 9.10. The highest BCUT2D eigenvalue weighted by atomic mass is 79.9. The SMILES string of the molecule is Cc1ccc(N)cc1Oc1ccc(C(F)(F)F)cc1Br. The first-order chi connectivity index (χ1) is 9.27. The normalized spacial score (nSPS) is 11.4. The average molecular weight is 346 g/mol. The Hall–Kier alpha value is -1.69. The van der Waals surface area contributed by atoms with Crippen LogP contribution in [0.3, 0.4) is 0 Å². The van der Waals surface area contributed by atoms with Crippen LogP contribution >= 0.6 is 15.9 Å².